The summed E-state index contributed by atoms with van der Waals surface area (Å²) in [6.45, 7) is 3.85. The molecule has 0 spiro atoms. The van der Waals surface area contributed by atoms with Gasteiger partial charge in [-0.05, 0) is 79.7 Å². The Labute approximate surface area is 213 Å². The smallest absolute Gasteiger partial charge is 0.337 e. The Morgan fingerprint density at radius 3 is 2.25 bits per heavy atom. The van der Waals surface area contributed by atoms with Crippen LogP contribution in [0.2, 0.25) is 0 Å². The number of nitrogens with zero attached hydrogens (tertiary/aromatic N) is 3. The molecule has 1 aromatic heterocycles. The van der Waals surface area contributed by atoms with E-state index in [4.69, 9.17) is 4.99 Å². The third-order valence-corrected chi connectivity index (χ3v) is 6.90. The summed E-state index contributed by atoms with van der Waals surface area (Å²) in [5.74, 6) is -1.14. The molecule has 1 N–H and O–H groups in total. The van der Waals surface area contributed by atoms with Crippen LogP contribution in [0, 0.1) is 13.8 Å². The summed E-state index contributed by atoms with van der Waals surface area (Å²) in [4.78, 5) is 32.3. The van der Waals surface area contributed by atoms with Crippen LogP contribution in [0.25, 0.3) is 11.8 Å². The Balaban J connectivity index is 1.59. The number of aryl methyl sites for hydroxylation is 1. The summed E-state index contributed by atoms with van der Waals surface area (Å²) in [6.07, 6.45) is 1.86. The van der Waals surface area contributed by atoms with Gasteiger partial charge in [-0.25, -0.2) is 9.79 Å². The van der Waals surface area contributed by atoms with E-state index in [2.05, 4.69) is 0 Å². The lowest BCUT2D eigenvalue weighted by molar-refractivity contribution is -0.113. The van der Waals surface area contributed by atoms with Crippen LogP contribution in [0.15, 0.2) is 101 Å². The first kappa shape index (κ1) is 23.4. The number of rotatable bonds is 5. The average molecular weight is 494 g/mol. The topological polar surface area (TPSA) is 74.9 Å². The molecule has 0 unspecified atom stereocenters. The summed E-state index contributed by atoms with van der Waals surface area (Å²) in [7, 11) is 0. The molecule has 1 saturated heterocycles. The fraction of sp³-hybridized carbons (Fsp3) is 0.0690. The first-order chi connectivity index (χ1) is 17.4. The molecule has 1 fully saturated rings. The molecule has 0 bridgehead atoms. The molecule has 178 valence electrons. The van der Waals surface area contributed by atoms with Crippen LogP contribution in [0.1, 0.15) is 27.3 Å². The number of aromatic nitrogens is 1. The number of benzene rings is 3. The molecule has 36 heavy (non-hydrogen) atoms. The van der Waals surface area contributed by atoms with Gasteiger partial charge in [0, 0.05) is 11.4 Å². The second kappa shape index (κ2) is 9.71. The molecule has 2 heterocycles. The third-order valence-electron chi connectivity index (χ3n) is 5.93. The maximum absolute atomic E-state index is 13.6. The molecule has 0 saturated carbocycles. The van der Waals surface area contributed by atoms with Crippen molar-refractivity contribution in [3.05, 3.63) is 118 Å². The highest BCUT2D eigenvalue weighted by atomic mass is 32.2. The zero-order valence-corrected chi connectivity index (χ0v) is 20.6. The number of carbonyl (C=O) groups is 2. The van der Waals surface area contributed by atoms with Gasteiger partial charge in [0.05, 0.1) is 27.5 Å². The van der Waals surface area contributed by atoms with Crippen molar-refractivity contribution in [2.45, 2.75) is 13.8 Å². The fourth-order valence-corrected chi connectivity index (χ4v) is 5.25. The summed E-state index contributed by atoms with van der Waals surface area (Å²) < 4.78 is 1.91. The lowest BCUT2D eigenvalue weighted by Gasteiger charge is -2.15. The summed E-state index contributed by atoms with van der Waals surface area (Å²) in [5.41, 5.74) is 4.89. The van der Waals surface area contributed by atoms with Crippen molar-refractivity contribution in [3.63, 3.8) is 0 Å². The standard InChI is InChI=1S/C29H23N3O3S/c1-19-17-21(20(2)31(19)25-16-10-9-15-24(25)28(34)35)18-26-27(33)32(23-13-7-4-8-14-23)29(36-26)30-22-11-5-3-6-12-22/h3-18H,1-2H3,(H,34,35)/b26-18-,30-29?. The minimum atomic E-state index is -0.986. The van der Waals surface area contributed by atoms with Crippen LogP contribution in [0.5, 0.6) is 0 Å². The molecule has 1 aliphatic rings. The van der Waals surface area contributed by atoms with Crippen molar-refractivity contribution in [2.75, 3.05) is 4.90 Å². The predicted octanol–water partition coefficient (Wildman–Crippen LogP) is 6.60. The first-order valence-electron chi connectivity index (χ1n) is 11.4. The number of thioether (sulfide) groups is 1. The Morgan fingerprint density at radius 1 is 0.917 bits per heavy atom. The number of hydrogen-bond donors (Lipinski definition) is 1. The monoisotopic (exact) mass is 493 g/mol. The van der Waals surface area contributed by atoms with E-state index >= 15 is 0 Å². The van der Waals surface area contributed by atoms with E-state index in [-0.39, 0.29) is 11.5 Å². The normalized spacial score (nSPS) is 15.7. The van der Waals surface area contributed by atoms with Gasteiger partial charge in [-0.1, -0.05) is 48.5 Å². The van der Waals surface area contributed by atoms with Gasteiger partial charge in [0.15, 0.2) is 5.17 Å². The minimum absolute atomic E-state index is 0.156. The van der Waals surface area contributed by atoms with Gasteiger partial charge in [0.2, 0.25) is 0 Å². The second-order valence-electron chi connectivity index (χ2n) is 8.30. The largest absolute Gasteiger partial charge is 0.478 e. The number of anilines is 1. The summed E-state index contributed by atoms with van der Waals surface area (Å²) >= 11 is 1.32. The summed E-state index contributed by atoms with van der Waals surface area (Å²) in [6, 6.07) is 27.9. The number of amidine groups is 1. The molecule has 5 rings (SSSR count). The van der Waals surface area contributed by atoms with Gasteiger partial charge in [0.1, 0.15) is 0 Å². The molecule has 0 atom stereocenters. The van der Waals surface area contributed by atoms with Crippen LogP contribution in [0.4, 0.5) is 11.4 Å². The molecule has 4 aromatic rings. The van der Waals surface area contributed by atoms with Gasteiger partial charge < -0.3 is 9.67 Å². The number of aromatic carboxylic acids is 1. The molecule has 7 heteroatoms. The predicted molar refractivity (Wildman–Crippen MR) is 145 cm³/mol. The van der Waals surface area contributed by atoms with E-state index in [1.165, 1.54) is 11.8 Å². The molecular weight excluding hydrogens is 470 g/mol. The molecule has 3 aromatic carbocycles. The number of amides is 1. The van der Waals surface area contributed by atoms with Gasteiger partial charge >= 0.3 is 5.97 Å². The van der Waals surface area contributed by atoms with E-state index in [9.17, 15) is 14.7 Å². The van der Waals surface area contributed by atoms with E-state index in [1.54, 1.807) is 23.1 Å². The zero-order chi connectivity index (χ0) is 25.2. The Kier molecular flexibility index (Phi) is 6.31. The molecule has 1 aliphatic heterocycles. The van der Waals surface area contributed by atoms with Gasteiger partial charge in [0.25, 0.3) is 5.91 Å². The van der Waals surface area contributed by atoms with Crippen molar-refractivity contribution in [2.24, 2.45) is 4.99 Å². The van der Waals surface area contributed by atoms with Crippen molar-refractivity contribution >= 4 is 46.3 Å². The number of hydrogen-bond acceptors (Lipinski definition) is 4. The Hall–Kier alpha value is -4.36. The van der Waals surface area contributed by atoms with Gasteiger partial charge in [-0.2, -0.15) is 0 Å². The van der Waals surface area contributed by atoms with E-state index in [1.807, 2.05) is 97.3 Å². The lowest BCUT2D eigenvalue weighted by atomic mass is 10.1. The highest BCUT2D eigenvalue weighted by molar-refractivity contribution is 8.19. The Morgan fingerprint density at radius 2 is 1.56 bits per heavy atom. The van der Waals surface area contributed by atoms with Crippen molar-refractivity contribution < 1.29 is 14.7 Å². The van der Waals surface area contributed by atoms with E-state index in [0.29, 0.717) is 15.8 Å². The van der Waals surface area contributed by atoms with Crippen LogP contribution in [-0.2, 0) is 4.79 Å². The number of carbonyl (C=O) groups excluding carboxylic acids is 1. The Bertz CT molecular complexity index is 1520. The fourth-order valence-electron chi connectivity index (χ4n) is 4.26. The third kappa shape index (κ3) is 4.36. The van der Waals surface area contributed by atoms with Crippen LogP contribution in [-0.4, -0.2) is 26.7 Å². The van der Waals surface area contributed by atoms with Crippen LogP contribution < -0.4 is 4.90 Å². The highest BCUT2D eigenvalue weighted by Gasteiger charge is 2.35. The first-order valence-corrected chi connectivity index (χ1v) is 12.2. The second-order valence-corrected chi connectivity index (χ2v) is 9.31. The number of carboxylic acid groups (broad SMARTS) is 1. The zero-order valence-electron chi connectivity index (χ0n) is 19.8. The van der Waals surface area contributed by atoms with Crippen LogP contribution >= 0.6 is 11.8 Å². The molecule has 6 nitrogen and oxygen atoms in total. The molecule has 1 amide bonds. The number of carboxylic acids is 1. The quantitative estimate of drug-likeness (QED) is 0.318. The molecule has 0 aliphatic carbocycles. The average Bonchev–Trinajstić information content (AvgIpc) is 3.34. The van der Waals surface area contributed by atoms with Gasteiger partial charge in [-0.3, -0.25) is 9.69 Å². The van der Waals surface area contributed by atoms with Gasteiger partial charge in [-0.15, -0.1) is 0 Å². The molecular formula is C29H23N3O3S. The lowest BCUT2D eigenvalue weighted by Crippen LogP contribution is -2.28. The SMILES string of the molecule is Cc1cc(/C=C2\SC(=Nc3ccccc3)N(c3ccccc3)C2=O)c(C)n1-c1ccccc1C(=O)O. The van der Waals surface area contributed by atoms with Crippen molar-refractivity contribution in [3.8, 4) is 5.69 Å². The highest BCUT2D eigenvalue weighted by Crippen LogP contribution is 2.38. The minimum Gasteiger partial charge on any atom is -0.478 e. The number of para-hydroxylation sites is 3. The van der Waals surface area contributed by atoms with Crippen LogP contribution in [0.3, 0.4) is 0 Å². The summed E-state index contributed by atoms with van der Waals surface area (Å²) in [5, 5.41) is 10.3. The molecule has 0 radical (unpaired) electrons. The van der Waals surface area contributed by atoms with Crippen molar-refractivity contribution in [1.82, 2.24) is 4.57 Å². The number of aliphatic imine (C=N–C) groups is 1. The van der Waals surface area contributed by atoms with Crippen molar-refractivity contribution in [1.29, 1.82) is 0 Å². The van der Waals surface area contributed by atoms with E-state index in [0.717, 1.165) is 28.3 Å². The maximum atomic E-state index is 13.6. The van der Waals surface area contributed by atoms with E-state index < -0.39 is 5.97 Å². The maximum Gasteiger partial charge on any atom is 0.337 e.